The summed E-state index contributed by atoms with van der Waals surface area (Å²) in [5.41, 5.74) is 1.03. The van der Waals surface area contributed by atoms with Gasteiger partial charge in [-0.2, -0.15) is 0 Å². The molecule has 0 aliphatic heterocycles. The second-order valence-electron chi connectivity index (χ2n) is 4.99. The van der Waals surface area contributed by atoms with Gasteiger partial charge in [0.25, 0.3) is 0 Å². The van der Waals surface area contributed by atoms with Crippen molar-refractivity contribution in [1.29, 1.82) is 0 Å². The molecule has 1 N–H and O–H groups in total. The van der Waals surface area contributed by atoms with Gasteiger partial charge in [0.05, 0.1) is 26.5 Å². The largest absolute Gasteiger partial charge is 0.493 e. The minimum Gasteiger partial charge on any atom is -0.493 e. The van der Waals surface area contributed by atoms with Crippen LogP contribution in [0.15, 0.2) is 41.0 Å². The molecule has 0 bridgehead atoms. The number of ether oxygens (including phenoxy) is 2. The molecule has 1 heterocycles. The minimum absolute atomic E-state index is 0.0151. The topological polar surface area (TPSA) is 60.7 Å². The van der Waals surface area contributed by atoms with Crippen LogP contribution < -0.4 is 14.8 Å². The number of carbonyl (C=O) groups is 1. The molecule has 0 saturated heterocycles. The molecule has 1 unspecified atom stereocenters. The van der Waals surface area contributed by atoms with Crippen molar-refractivity contribution < 1.29 is 18.7 Å². The highest BCUT2D eigenvalue weighted by Crippen LogP contribution is 2.28. The summed E-state index contributed by atoms with van der Waals surface area (Å²) in [6.45, 7) is 1.90. The Bertz CT molecular complexity index is 607. The number of aryl methyl sites for hydroxylation is 1. The zero-order valence-electron chi connectivity index (χ0n) is 13.1. The zero-order valence-corrected chi connectivity index (χ0v) is 13.1. The van der Waals surface area contributed by atoms with Crippen LogP contribution in [0, 0.1) is 0 Å². The van der Waals surface area contributed by atoms with Crippen molar-refractivity contribution in [2.24, 2.45) is 0 Å². The van der Waals surface area contributed by atoms with E-state index >= 15 is 0 Å². The van der Waals surface area contributed by atoms with Crippen LogP contribution in [0.4, 0.5) is 0 Å². The van der Waals surface area contributed by atoms with Crippen molar-refractivity contribution in [2.45, 2.75) is 25.8 Å². The molecule has 118 valence electrons. The number of carbonyl (C=O) groups excluding carboxylic acids is 1. The first kappa shape index (κ1) is 15.9. The molecule has 0 radical (unpaired) electrons. The van der Waals surface area contributed by atoms with Crippen molar-refractivity contribution in [2.75, 3.05) is 14.2 Å². The van der Waals surface area contributed by atoms with Gasteiger partial charge in [-0.1, -0.05) is 6.07 Å². The zero-order chi connectivity index (χ0) is 15.9. The molecule has 1 aromatic carbocycles. The number of hydrogen-bond acceptors (Lipinski definition) is 4. The molecule has 5 nitrogen and oxygen atoms in total. The highest BCUT2D eigenvalue weighted by Gasteiger charge is 2.12. The molecule has 5 heteroatoms. The van der Waals surface area contributed by atoms with Gasteiger partial charge < -0.3 is 19.2 Å². The van der Waals surface area contributed by atoms with E-state index in [-0.39, 0.29) is 11.9 Å². The lowest BCUT2D eigenvalue weighted by molar-refractivity contribution is -0.121. The number of methoxy groups -OCH3 is 2. The van der Waals surface area contributed by atoms with Crippen molar-refractivity contribution in [3.05, 3.63) is 47.9 Å². The van der Waals surface area contributed by atoms with Gasteiger partial charge in [0.1, 0.15) is 5.76 Å². The third-order valence-corrected chi connectivity index (χ3v) is 3.44. The summed E-state index contributed by atoms with van der Waals surface area (Å²) < 4.78 is 15.7. The van der Waals surface area contributed by atoms with Crippen LogP contribution in [0.2, 0.25) is 0 Å². The average Bonchev–Trinajstić information content (AvgIpc) is 3.07. The molecule has 2 aromatic rings. The van der Waals surface area contributed by atoms with Crippen LogP contribution in [0.1, 0.15) is 30.7 Å². The van der Waals surface area contributed by atoms with Gasteiger partial charge in [0, 0.05) is 6.42 Å². The SMILES string of the molecule is COc1ccc(CCC(=O)NC(C)c2ccco2)cc1OC. The Morgan fingerprint density at radius 2 is 2.00 bits per heavy atom. The van der Waals surface area contributed by atoms with Crippen LogP contribution in [0.5, 0.6) is 11.5 Å². The monoisotopic (exact) mass is 303 g/mol. The fourth-order valence-corrected chi connectivity index (χ4v) is 2.22. The normalized spacial score (nSPS) is 11.8. The Balaban J connectivity index is 1.88. The number of nitrogens with one attached hydrogen (secondary N) is 1. The Morgan fingerprint density at radius 3 is 2.64 bits per heavy atom. The van der Waals surface area contributed by atoms with E-state index in [1.165, 1.54) is 0 Å². The Morgan fingerprint density at radius 1 is 1.23 bits per heavy atom. The minimum atomic E-state index is -0.132. The third kappa shape index (κ3) is 4.04. The number of rotatable bonds is 7. The Hall–Kier alpha value is -2.43. The van der Waals surface area contributed by atoms with E-state index in [2.05, 4.69) is 5.32 Å². The van der Waals surface area contributed by atoms with Crippen LogP contribution in [0.25, 0.3) is 0 Å². The highest BCUT2D eigenvalue weighted by molar-refractivity contribution is 5.76. The predicted octanol–water partition coefficient (Wildman–Crippen LogP) is 3.11. The summed E-state index contributed by atoms with van der Waals surface area (Å²) in [7, 11) is 3.19. The van der Waals surface area contributed by atoms with E-state index in [4.69, 9.17) is 13.9 Å². The number of hydrogen-bond donors (Lipinski definition) is 1. The van der Waals surface area contributed by atoms with E-state index in [0.29, 0.717) is 24.3 Å². The molecule has 0 saturated carbocycles. The van der Waals surface area contributed by atoms with Crippen LogP contribution in [-0.2, 0) is 11.2 Å². The predicted molar refractivity (Wildman–Crippen MR) is 83.1 cm³/mol. The van der Waals surface area contributed by atoms with Gasteiger partial charge in [0.15, 0.2) is 11.5 Å². The standard InChI is InChI=1S/C17H21NO4/c1-12(14-5-4-10-22-14)18-17(19)9-7-13-6-8-15(20-2)16(11-13)21-3/h4-6,8,10-12H,7,9H2,1-3H3,(H,18,19). The summed E-state index contributed by atoms with van der Waals surface area (Å²) in [5.74, 6) is 2.09. The van der Waals surface area contributed by atoms with Gasteiger partial charge in [-0.25, -0.2) is 0 Å². The molecule has 22 heavy (non-hydrogen) atoms. The van der Waals surface area contributed by atoms with Crippen LogP contribution >= 0.6 is 0 Å². The van der Waals surface area contributed by atoms with Gasteiger partial charge in [-0.3, -0.25) is 4.79 Å². The third-order valence-electron chi connectivity index (χ3n) is 3.44. The molecular weight excluding hydrogens is 282 g/mol. The summed E-state index contributed by atoms with van der Waals surface area (Å²) in [6, 6.07) is 9.19. The smallest absolute Gasteiger partial charge is 0.220 e. The molecule has 1 aromatic heterocycles. The first-order valence-electron chi connectivity index (χ1n) is 7.17. The number of benzene rings is 1. The molecule has 2 rings (SSSR count). The molecule has 0 fully saturated rings. The molecule has 0 aliphatic rings. The van der Waals surface area contributed by atoms with Crippen molar-refractivity contribution >= 4 is 5.91 Å². The Kier molecular flexibility index (Phi) is 5.47. The number of furan rings is 1. The lowest BCUT2D eigenvalue weighted by atomic mass is 10.1. The quantitative estimate of drug-likeness (QED) is 0.854. The summed E-state index contributed by atoms with van der Waals surface area (Å²) in [6.07, 6.45) is 2.64. The molecule has 1 amide bonds. The van der Waals surface area contributed by atoms with Gasteiger partial charge in [0.2, 0.25) is 5.91 Å². The van der Waals surface area contributed by atoms with Crippen molar-refractivity contribution in [3.63, 3.8) is 0 Å². The van der Waals surface area contributed by atoms with Gasteiger partial charge >= 0.3 is 0 Å². The molecule has 0 spiro atoms. The maximum atomic E-state index is 12.0. The van der Waals surface area contributed by atoms with Gasteiger partial charge in [-0.05, 0) is 43.2 Å². The van der Waals surface area contributed by atoms with E-state index < -0.39 is 0 Å². The van der Waals surface area contributed by atoms with E-state index in [0.717, 1.165) is 11.3 Å². The molecule has 1 atom stereocenters. The van der Waals surface area contributed by atoms with E-state index in [1.54, 1.807) is 20.5 Å². The average molecular weight is 303 g/mol. The molecular formula is C17H21NO4. The Labute approximate surface area is 130 Å². The molecule has 0 aliphatic carbocycles. The highest BCUT2D eigenvalue weighted by atomic mass is 16.5. The second kappa shape index (κ2) is 7.54. The van der Waals surface area contributed by atoms with Crippen LogP contribution in [0.3, 0.4) is 0 Å². The lowest BCUT2D eigenvalue weighted by Gasteiger charge is -2.12. The second-order valence-corrected chi connectivity index (χ2v) is 4.99. The fourth-order valence-electron chi connectivity index (χ4n) is 2.22. The summed E-state index contributed by atoms with van der Waals surface area (Å²) in [5, 5.41) is 2.92. The van der Waals surface area contributed by atoms with Crippen LogP contribution in [-0.4, -0.2) is 20.1 Å². The first-order valence-corrected chi connectivity index (χ1v) is 7.17. The fraction of sp³-hybridized carbons (Fsp3) is 0.353. The maximum Gasteiger partial charge on any atom is 0.220 e. The van der Waals surface area contributed by atoms with E-state index in [1.807, 2.05) is 37.3 Å². The van der Waals surface area contributed by atoms with Gasteiger partial charge in [-0.15, -0.1) is 0 Å². The maximum absolute atomic E-state index is 12.0. The first-order chi connectivity index (χ1) is 10.6. The summed E-state index contributed by atoms with van der Waals surface area (Å²) in [4.78, 5) is 12.0. The van der Waals surface area contributed by atoms with Crippen molar-refractivity contribution in [1.82, 2.24) is 5.32 Å². The lowest BCUT2D eigenvalue weighted by Crippen LogP contribution is -2.26. The van der Waals surface area contributed by atoms with E-state index in [9.17, 15) is 4.79 Å². The number of amides is 1. The van der Waals surface area contributed by atoms with Crippen molar-refractivity contribution in [3.8, 4) is 11.5 Å². The summed E-state index contributed by atoms with van der Waals surface area (Å²) >= 11 is 0.